The van der Waals surface area contributed by atoms with E-state index < -0.39 is 60.6 Å². The molecule has 1 saturated carbocycles. The average molecular weight is 394 g/mol. The van der Waals surface area contributed by atoms with Crippen molar-refractivity contribution in [3.63, 3.8) is 0 Å². The molecule has 2 N–H and O–H groups in total. The van der Waals surface area contributed by atoms with Crippen LogP contribution in [0.4, 0.5) is 26.3 Å². The van der Waals surface area contributed by atoms with Crippen molar-refractivity contribution in [1.29, 1.82) is 0 Å². The number of alkyl halides is 5. The monoisotopic (exact) mass is 394 g/mol. The molecule has 3 rings (SSSR count). The van der Waals surface area contributed by atoms with Crippen LogP contribution in [0.5, 0.6) is 0 Å². The van der Waals surface area contributed by atoms with Gasteiger partial charge in [-0.2, -0.15) is 13.2 Å². The second-order valence-electron chi connectivity index (χ2n) is 6.12. The fourth-order valence-corrected chi connectivity index (χ4v) is 2.76. The first-order chi connectivity index (χ1) is 12.5. The first kappa shape index (κ1) is 19.2. The highest BCUT2D eigenvalue weighted by atomic mass is 19.4. The Bertz CT molecular complexity index is 870. The lowest BCUT2D eigenvalue weighted by Crippen LogP contribution is -2.50. The summed E-state index contributed by atoms with van der Waals surface area (Å²) in [4.78, 5) is 12.1. The van der Waals surface area contributed by atoms with E-state index in [1.165, 1.54) is 0 Å². The summed E-state index contributed by atoms with van der Waals surface area (Å²) in [5.74, 6) is -5.61. The Kier molecular flexibility index (Phi) is 4.66. The fourth-order valence-electron chi connectivity index (χ4n) is 2.76. The van der Waals surface area contributed by atoms with E-state index in [1.807, 2.05) is 0 Å². The number of benzene rings is 1. The van der Waals surface area contributed by atoms with Gasteiger partial charge >= 0.3 is 6.18 Å². The zero-order chi connectivity index (χ0) is 20.0. The van der Waals surface area contributed by atoms with Crippen LogP contribution in [-0.4, -0.2) is 28.1 Å². The second kappa shape index (κ2) is 6.55. The van der Waals surface area contributed by atoms with Gasteiger partial charge in [-0.25, -0.2) is 13.2 Å². The van der Waals surface area contributed by atoms with E-state index in [0.717, 1.165) is 6.07 Å². The summed E-state index contributed by atoms with van der Waals surface area (Å²) in [5.41, 5.74) is -2.27. The predicted octanol–water partition coefficient (Wildman–Crippen LogP) is 3.52. The molecule has 1 aromatic carbocycles. The topological polar surface area (TPSA) is 75.4 Å². The van der Waals surface area contributed by atoms with E-state index in [2.05, 4.69) is 10.5 Å². The van der Waals surface area contributed by atoms with Crippen molar-refractivity contribution in [3.05, 3.63) is 40.8 Å². The fraction of sp³-hybridized carbons (Fsp3) is 0.375. The van der Waals surface area contributed by atoms with Crippen LogP contribution in [0.3, 0.4) is 0 Å². The van der Waals surface area contributed by atoms with Crippen LogP contribution in [0, 0.1) is 5.82 Å². The summed E-state index contributed by atoms with van der Waals surface area (Å²) < 4.78 is 82.2. The lowest BCUT2D eigenvalue weighted by molar-refractivity contribution is -0.140. The minimum atomic E-state index is -4.89. The van der Waals surface area contributed by atoms with Gasteiger partial charge in [-0.3, -0.25) is 4.79 Å². The van der Waals surface area contributed by atoms with Crippen LogP contribution in [0.25, 0.3) is 11.3 Å². The van der Waals surface area contributed by atoms with Gasteiger partial charge in [0.15, 0.2) is 11.5 Å². The van der Waals surface area contributed by atoms with Crippen molar-refractivity contribution in [3.8, 4) is 11.3 Å². The highest BCUT2D eigenvalue weighted by Gasteiger charge is 2.46. The van der Waals surface area contributed by atoms with Crippen LogP contribution >= 0.6 is 0 Å². The number of aliphatic hydroxyl groups excluding tert-OH is 1. The Labute approximate surface area is 148 Å². The molecule has 2 aromatic rings. The van der Waals surface area contributed by atoms with Gasteiger partial charge in [0.05, 0.1) is 17.7 Å². The van der Waals surface area contributed by atoms with E-state index in [-0.39, 0.29) is 16.9 Å². The van der Waals surface area contributed by atoms with Gasteiger partial charge in [0.25, 0.3) is 11.8 Å². The molecule has 0 saturated heterocycles. The molecule has 1 aliphatic carbocycles. The number of nitrogens with zero attached hydrogens (tertiary/aromatic N) is 1. The Balaban J connectivity index is 1.86. The highest BCUT2D eigenvalue weighted by Crippen LogP contribution is 2.38. The number of halogens is 6. The van der Waals surface area contributed by atoms with Gasteiger partial charge in [0.2, 0.25) is 0 Å². The Morgan fingerprint density at radius 3 is 2.52 bits per heavy atom. The van der Waals surface area contributed by atoms with Crippen molar-refractivity contribution >= 4 is 5.91 Å². The summed E-state index contributed by atoms with van der Waals surface area (Å²) >= 11 is 0. The van der Waals surface area contributed by atoms with Gasteiger partial charge in [-0.05, 0) is 12.1 Å². The number of hydrogen-bond donors (Lipinski definition) is 2. The molecule has 0 bridgehead atoms. The zero-order valence-electron chi connectivity index (χ0n) is 13.4. The summed E-state index contributed by atoms with van der Waals surface area (Å²) in [6, 6.07) is 1.16. The number of nitrogens with one attached hydrogen (secondary N) is 1. The molecule has 1 fully saturated rings. The van der Waals surface area contributed by atoms with E-state index in [4.69, 9.17) is 4.52 Å². The SMILES string of the molecule is O=C(NC1CC(F)(F)C1)c1noc(-c2ccc(C(F)(F)F)c(F)c2)c1CO. The lowest BCUT2D eigenvalue weighted by Gasteiger charge is -2.35. The normalized spacial score (nSPS) is 16.9. The number of hydrogen-bond acceptors (Lipinski definition) is 4. The van der Waals surface area contributed by atoms with Crippen LogP contribution in [0.15, 0.2) is 22.7 Å². The first-order valence-corrected chi connectivity index (χ1v) is 7.67. The molecule has 1 heterocycles. The van der Waals surface area contributed by atoms with E-state index >= 15 is 0 Å². The van der Waals surface area contributed by atoms with Gasteiger partial charge in [0.1, 0.15) is 5.82 Å². The van der Waals surface area contributed by atoms with Crippen molar-refractivity contribution < 1.29 is 40.8 Å². The van der Waals surface area contributed by atoms with Crippen LogP contribution in [0.2, 0.25) is 0 Å². The Morgan fingerprint density at radius 1 is 1.33 bits per heavy atom. The number of aromatic nitrogens is 1. The maximum atomic E-state index is 13.7. The maximum Gasteiger partial charge on any atom is 0.419 e. The zero-order valence-corrected chi connectivity index (χ0v) is 13.4. The van der Waals surface area contributed by atoms with Gasteiger partial charge in [0, 0.05) is 24.4 Å². The van der Waals surface area contributed by atoms with Crippen LogP contribution < -0.4 is 5.32 Å². The van der Waals surface area contributed by atoms with Gasteiger partial charge in [-0.15, -0.1) is 0 Å². The minimum absolute atomic E-state index is 0.175. The molecule has 27 heavy (non-hydrogen) atoms. The molecule has 5 nitrogen and oxygen atoms in total. The third-order valence-corrected chi connectivity index (χ3v) is 4.12. The summed E-state index contributed by atoms with van der Waals surface area (Å²) in [5, 5.41) is 15.2. The summed E-state index contributed by atoms with van der Waals surface area (Å²) in [7, 11) is 0. The molecular weight excluding hydrogens is 382 g/mol. The smallest absolute Gasteiger partial charge is 0.391 e. The number of carbonyl (C=O) groups excluding carboxylic acids is 1. The predicted molar refractivity (Wildman–Crippen MR) is 78.3 cm³/mol. The molecule has 1 aliphatic rings. The van der Waals surface area contributed by atoms with Crippen LogP contribution in [0.1, 0.15) is 34.5 Å². The second-order valence-corrected chi connectivity index (χ2v) is 6.12. The maximum absolute atomic E-state index is 13.7. The number of rotatable bonds is 4. The van der Waals surface area contributed by atoms with E-state index in [9.17, 15) is 36.2 Å². The third kappa shape index (κ3) is 3.77. The molecule has 11 heteroatoms. The van der Waals surface area contributed by atoms with E-state index in [0.29, 0.717) is 12.1 Å². The molecule has 1 aromatic heterocycles. The van der Waals surface area contributed by atoms with Gasteiger partial charge < -0.3 is 14.9 Å². The molecule has 0 atom stereocenters. The van der Waals surface area contributed by atoms with E-state index in [1.54, 1.807) is 0 Å². The molecule has 0 radical (unpaired) electrons. The van der Waals surface area contributed by atoms with Crippen LogP contribution in [-0.2, 0) is 12.8 Å². The van der Waals surface area contributed by atoms with Crippen molar-refractivity contribution in [2.75, 3.05) is 0 Å². The number of carbonyl (C=O) groups is 1. The molecule has 0 aliphatic heterocycles. The standard InChI is InChI=1S/C16H12F6N2O3/c17-11-3-7(1-2-10(11)16(20,21)22)13-9(6-25)12(24-27-13)14(26)23-8-4-15(18,19)5-8/h1-3,8,25H,4-6H2,(H,23,26). The minimum Gasteiger partial charge on any atom is -0.391 e. The molecular formula is C16H12F6N2O3. The number of amides is 1. The van der Waals surface area contributed by atoms with Crippen molar-refractivity contribution in [1.82, 2.24) is 10.5 Å². The molecule has 0 spiro atoms. The number of aliphatic hydroxyl groups is 1. The molecule has 1 amide bonds. The molecule has 146 valence electrons. The third-order valence-electron chi connectivity index (χ3n) is 4.12. The summed E-state index contributed by atoms with van der Waals surface area (Å²) in [6.45, 7) is -0.787. The highest BCUT2D eigenvalue weighted by molar-refractivity contribution is 5.95. The average Bonchev–Trinajstić information content (AvgIpc) is 2.95. The van der Waals surface area contributed by atoms with Gasteiger partial charge in [-0.1, -0.05) is 11.2 Å². The quantitative estimate of drug-likeness (QED) is 0.779. The Morgan fingerprint density at radius 2 is 2.00 bits per heavy atom. The Hall–Kier alpha value is -2.56. The van der Waals surface area contributed by atoms with Crippen molar-refractivity contribution in [2.24, 2.45) is 0 Å². The summed E-state index contributed by atoms with van der Waals surface area (Å²) in [6.07, 6.45) is -5.97. The largest absolute Gasteiger partial charge is 0.419 e. The van der Waals surface area contributed by atoms with Crippen molar-refractivity contribution in [2.45, 2.75) is 37.6 Å². The molecule has 0 unspecified atom stereocenters. The first-order valence-electron chi connectivity index (χ1n) is 7.67. The lowest BCUT2D eigenvalue weighted by atomic mass is 9.88.